The highest BCUT2D eigenvalue weighted by Crippen LogP contribution is 2.35. The average Bonchev–Trinajstić information content (AvgIpc) is 2.56. The normalized spacial score (nSPS) is 10.2. The molecule has 0 unspecified atom stereocenters. The quantitative estimate of drug-likeness (QED) is 0.414. The van der Waals surface area contributed by atoms with E-state index in [1.54, 1.807) is 42.1 Å². The number of hydrogen-bond acceptors (Lipinski definition) is 5. The Morgan fingerprint density at radius 1 is 1.30 bits per heavy atom. The second kappa shape index (κ2) is 8.17. The van der Waals surface area contributed by atoms with E-state index in [4.69, 9.17) is 9.47 Å². The van der Waals surface area contributed by atoms with Gasteiger partial charge in [-0.15, -0.1) is 0 Å². The zero-order chi connectivity index (χ0) is 16.8. The number of esters is 1. The van der Waals surface area contributed by atoms with E-state index in [0.717, 1.165) is 11.8 Å². The van der Waals surface area contributed by atoms with Crippen LogP contribution in [-0.4, -0.2) is 25.6 Å². The van der Waals surface area contributed by atoms with Crippen molar-refractivity contribution in [3.8, 4) is 11.5 Å². The monoisotopic (exact) mass is 394 g/mol. The van der Waals surface area contributed by atoms with Gasteiger partial charge in [0.25, 0.3) is 0 Å². The van der Waals surface area contributed by atoms with E-state index >= 15 is 0 Å². The topological polar surface area (TPSA) is 52.6 Å². The van der Waals surface area contributed by atoms with Gasteiger partial charge in [-0.3, -0.25) is 4.79 Å². The Labute approximate surface area is 147 Å². The maximum atomic E-state index is 12.4. The fourth-order valence-electron chi connectivity index (χ4n) is 2.06. The first kappa shape index (κ1) is 17.6. The zero-order valence-electron chi connectivity index (χ0n) is 12.7. The van der Waals surface area contributed by atoms with E-state index in [1.807, 2.05) is 12.3 Å². The Kier molecular flexibility index (Phi) is 6.24. The van der Waals surface area contributed by atoms with E-state index in [9.17, 15) is 9.59 Å². The van der Waals surface area contributed by atoms with Crippen LogP contribution in [0.25, 0.3) is 0 Å². The Morgan fingerprint density at radius 3 is 2.65 bits per heavy atom. The van der Waals surface area contributed by atoms with Gasteiger partial charge in [0.1, 0.15) is 6.29 Å². The van der Waals surface area contributed by atoms with Crippen LogP contribution < -0.4 is 9.47 Å². The first-order valence-electron chi connectivity index (χ1n) is 6.72. The molecule has 0 aromatic heterocycles. The molecule has 0 atom stereocenters. The van der Waals surface area contributed by atoms with Crippen molar-refractivity contribution in [1.82, 2.24) is 0 Å². The predicted octanol–water partition coefficient (Wildman–Crippen LogP) is 4.35. The van der Waals surface area contributed by atoms with E-state index in [2.05, 4.69) is 15.9 Å². The van der Waals surface area contributed by atoms with Gasteiger partial charge in [-0.1, -0.05) is 12.1 Å². The zero-order valence-corrected chi connectivity index (χ0v) is 15.1. The van der Waals surface area contributed by atoms with Gasteiger partial charge in [0.2, 0.25) is 0 Å². The SMILES string of the molecule is COc1cc(C=O)cc(CSC)c1OC(=O)c1ccccc1Br. The minimum absolute atomic E-state index is 0.341. The molecule has 23 heavy (non-hydrogen) atoms. The molecule has 2 aromatic rings. The molecular weight excluding hydrogens is 380 g/mol. The second-order valence-electron chi connectivity index (χ2n) is 4.63. The molecule has 0 heterocycles. The molecular formula is C17H15BrO4S. The number of thioether (sulfide) groups is 1. The molecule has 2 aromatic carbocycles. The summed E-state index contributed by atoms with van der Waals surface area (Å²) in [7, 11) is 1.47. The summed E-state index contributed by atoms with van der Waals surface area (Å²) >= 11 is 4.90. The number of carbonyl (C=O) groups excluding carboxylic acids is 2. The van der Waals surface area contributed by atoms with Crippen molar-refractivity contribution >= 4 is 39.9 Å². The van der Waals surface area contributed by atoms with Crippen LogP contribution in [0.1, 0.15) is 26.3 Å². The number of benzene rings is 2. The third-order valence-electron chi connectivity index (χ3n) is 3.10. The second-order valence-corrected chi connectivity index (χ2v) is 6.35. The van der Waals surface area contributed by atoms with Gasteiger partial charge in [0.05, 0.1) is 12.7 Å². The lowest BCUT2D eigenvalue weighted by atomic mass is 10.1. The maximum absolute atomic E-state index is 12.4. The van der Waals surface area contributed by atoms with Crippen LogP contribution in [0.4, 0.5) is 0 Å². The standard InChI is InChI=1S/C17H15BrO4S/c1-21-15-8-11(9-19)7-12(10-23-2)16(15)22-17(20)13-5-3-4-6-14(13)18/h3-9H,10H2,1-2H3. The number of halogens is 1. The summed E-state index contributed by atoms with van der Waals surface area (Å²) in [5.74, 6) is 0.806. The van der Waals surface area contributed by atoms with Gasteiger partial charge in [0.15, 0.2) is 11.5 Å². The van der Waals surface area contributed by atoms with Crippen molar-refractivity contribution in [3.05, 3.63) is 57.6 Å². The molecule has 0 fully saturated rings. The lowest BCUT2D eigenvalue weighted by Crippen LogP contribution is -2.11. The Morgan fingerprint density at radius 2 is 2.04 bits per heavy atom. The summed E-state index contributed by atoms with van der Waals surface area (Å²) < 4.78 is 11.5. The van der Waals surface area contributed by atoms with E-state index in [0.29, 0.717) is 32.9 Å². The van der Waals surface area contributed by atoms with Crippen LogP contribution in [0, 0.1) is 0 Å². The summed E-state index contributed by atoms with van der Waals surface area (Å²) in [5.41, 5.74) is 1.63. The molecule has 0 spiro atoms. The Hall–Kier alpha value is -1.79. The molecule has 0 saturated heterocycles. The summed E-state index contributed by atoms with van der Waals surface area (Å²) in [4.78, 5) is 23.5. The summed E-state index contributed by atoms with van der Waals surface area (Å²) in [6, 6.07) is 10.3. The predicted molar refractivity (Wildman–Crippen MR) is 94.7 cm³/mol. The minimum Gasteiger partial charge on any atom is -0.493 e. The molecule has 120 valence electrons. The van der Waals surface area contributed by atoms with E-state index in [-0.39, 0.29) is 0 Å². The number of rotatable bonds is 6. The first-order valence-corrected chi connectivity index (χ1v) is 8.91. The highest BCUT2D eigenvalue weighted by molar-refractivity contribution is 9.10. The molecule has 4 nitrogen and oxygen atoms in total. The lowest BCUT2D eigenvalue weighted by Gasteiger charge is -2.15. The van der Waals surface area contributed by atoms with Crippen molar-refractivity contribution in [2.45, 2.75) is 5.75 Å². The smallest absolute Gasteiger partial charge is 0.344 e. The molecule has 0 aliphatic rings. The van der Waals surface area contributed by atoms with Crippen LogP contribution in [0.2, 0.25) is 0 Å². The summed E-state index contributed by atoms with van der Waals surface area (Å²) in [5, 5.41) is 0. The minimum atomic E-state index is -0.489. The third kappa shape index (κ3) is 4.14. The van der Waals surface area contributed by atoms with Crippen LogP contribution in [0.3, 0.4) is 0 Å². The van der Waals surface area contributed by atoms with Crippen molar-refractivity contribution in [2.75, 3.05) is 13.4 Å². The van der Waals surface area contributed by atoms with Crippen LogP contribution >= 0.6 is 27.7 Å². The van der Waals surface area contributed by atoms with Crippen LogP contribution in [0.5, 0.6) is 11.5 Å². The van der Waals surface area contributed by atoms with E-state index < -0.39 is 5.97 Å². The summed E-state index contributed by atoms with van der Waals surface area (Å²) in [6.45, 7) is 0. The molecule has 0 aliphatic carbocycles. The van der Waals surface area contributed by atoms with Gasteiger partial charge in [-0.05, 0) is 46.5 Å². The fourth-order valence-corrected chi connectivity index (χ4v) is 3.03. The molecule has 0 saturated carbocycles. The van der Waals surface area contributed by atoms with Crippen molar-refractivity contribution < 1.29 is 19.1 Å². The number of carbonyl (C=O) groups is 2. The molecule has 0 bridgehead atoms. The van der Waals surface area contributed by atoms with E-state index in [1.165, 1.54) is 7.11 Å². The number of aldehydes is 1. The van der Waals surface area contributed by atoms with Gasteiger partial charge < -0.3 is 9.47 Å². The molecule has 0 radical (unpaired) electrons. The first-order chi connectivity index (χ1) is 11.1. The number of hydrogen-bond donors (Lipinski definition) is 0. The lowest BCUT2D eigenvalue weighted by molar-refractivity contribution is 0.0727. The van der Waals surface area contributed by atoms with Gasteiger partial charge in [-0.25, -0.2) is 4.79 Å². The van der Waals surface area contributed by atoms with Gasteiger partial charge >= 0.3 is 5.97 Å². The summed E-state index contributed by atoms with van der Waals surface area (Å²) in [6.07, 6.45) is 2.67. The molecule has 2 rings (SSSR count). The molecule has 0 amide bonds. The Bertz CT molecular complexity index is 731. The van der Waals surface area contributed by atoms with Gasteiger partial charge in [0, 0.05) is 21.4 Å². The van der Waals surface area contributed by atoms with Crippen molar-refractivity contribution in [1.29, 1.82) is 0 Å². The highest BCUT2D eigenvalue weighted by Gasteiger charge is 2.19. The highest BCUT2D eigenvalue weighted by atomic mass is 79.9. The van der Waals surface area contributed by atoms with Crippen molar-refractivity contribution in [3.63, 3.8) is 0 Å². The molecule has 6 heteroatoms. The van der Waals surface area contributed by atoms with Crippen LogP contribution in [0.15, 0.2) is 40.9 Å². The molecule has 0 N–H and O–H groups in total. The van der Waals surface area contributed by atoms with Gasteiger partial charge in [-0.2, -0.15) is 11.8 Å². The fraction of sp³-hybridized carbons (Fsp3) is 0.176. The number of ether oxygens (including phenoxy) is 2. The van der Waals surface area contributed by atoms with Crippen molar-refractivity contribution in [2.24, 2.45) is 0 Å². The molecule has 0 aliphatic heterocycles. The maximum Gasteiger partial charge on any atom is 0.344 e. The Balaban J connectivity index is 2.43. The third-order valence-corrected chi connectivity index (χ3v) is 4.39. The van der Waals surface area contributed by atoms with Crippen LogP contribution in [-0.2, 0) is 5.75 Å². The largest absolute Gasteiger partial charge is 0.493 e. The number of methoxy groups -OCH3 is 1. The average molecular weight is 395 g/mol.